The van der Waals surface area contributed by atoms with Crippen molar-refractivity contribution in [2.75, 3.05) is 26.2 Å². The van der Waals surface area contributed by atoms with Crippen molar-refractivity contribution in [1.29, 1.82) is 0 Å². The molecule has 0 unspecified atom stereocenters. The van der Waals surface area contributed by atoms with Crippen molar-refractivity contribution < 1.29 is 9.53 Å². The number of amides is 1. The van der Waals surface area contributed by atoms with Crippen LogP contribution < -0.4 is 5.73 Å². The first-order chi connectivity index (χ1) is 10.3. The Balaban J connectivity index is 1.71. The minimum absolute atomic E-state index is 0.292. The number of nitrogens with two attached hydrogens (primary N) is 1. The zero-order valence-electron chi connectivity index (χ0n) is 13.4. The number of rotatable bonds is 5. The number of hydrogen-bond donors (Lipinski definition) is 1. The average Bonchev–Trinajstić information content (AvgIpc) is 2.47. The molecule has 1 aliphatic carbocycles. The van der Waals surface area contributed by atoms with Crippen LogP contribution in [0.4, 0.5) is 0 Å². The maximum Gasteiger partial charge on any atom is 0.225 e. The quantitative estimate of drug-likeness (QED) is 0.794. The molecule has 0 radical (unpaired) electrons. The molecule has 2 fully saturated rings. The van der Waals surface area contributed by atoms with Gasteiger partial charge in [-0.05, 0) is 38.6 Å². The molecule has 1 amide bonds. The molecular formula is C17H32N2O2. The SMILES string of the molecule is NCCCOC1CCN(C(=O)C2CCCCCCC2)CC1. The third kappa shape index (κ3) is 5.59. The van der Waals surface area contributed by atoms with E-state index in [1.807, 2.05) is 0 Å². The summed E-state index contributed by atoms with van der Waals surface area (Å²) in [6.45, 7) is 3.21. The van der Waals surface area contributed by atoms with E-state index in [-0.39, 0.29) is 0 Å². The van der Waals surface area contributed by atoms with Crippen molar-refractivity contribution in [2.24, 2.45) is 11.7 Å². The third-order valence-electron chi connectivity index (χ3n) is 4.91. The molecule has 21 heavy (non-hydrogen) atoms. The minimum Gasteiger partial charge on any atom is -0.378 e. The summed E-state index contributed by atoms with van der Waals surface area (Å²) in [6.07, 6.45) is 11.9. The smallest absolute Gasteiger partial charge is 0.225 e. The molecule has 2 aliphatic rings. The largest absolute Gasteiger partial charge is 0.378 e. The van der Waals surface area contributed by atoms with Gasteiger partial charge in [0.25, 0.3) is 0 Å². The highest BCUT2D eigenvalue weighted by atomic mass is 16.5. The van der Waals surface area contributed by atoms with Crippen LogP contribution in [0.3, 0.4) is 0 Å². The van der Waals surface area contributed by atoms with E-state index in [2.05, 4.69) is 4.90 Å². The second kappa shape index (κ2) is 9.42. The third-order valence-corrected chi connectivity index (χ3v) is 4.91. The highest BCUT2D eigenvalue weighted by molar-refractivity contribution is 5.78. The Hall–Kier alpha value is -0.610. The lowest BCUT2D eigenvalue weighted by atomic mass is 9.89. The molecule has 1 saturated heterocycles. The molecule has 122 valence electrons. The Morgan fingerprint density at radius 2 is 1.62 bits per heavy atom. The van der Waals surface area contributed by atoms with Crippen molar-refractivity contribution >= 4 is 5.91 Å². The van der Waals surface area contributed by atoms with Gasteiger partial charge >= 0.3 is 0 Å². The Bertz CT molecular complexity index is 293. The van der Waals surface area contributed by atoms with Gasteiger partial charge in [-0.25, -0.2) is 0 Å². The highest BCUT2D eigenvalue weighted by Gasteiger charge is 2.28. The standard InChI is InChI=1S/C17H32N2O2/c18-11-6-14-21-16-9-12-19(13-10-16)17(20)15-7-4-2-1-3-5-8-15/h15-16H,1-14,18H2. The van der Waals surface area contributed by atoms with Crippen LogP contribution >= 0.6 is 0 Å². The van der Waals surface area contributed by atoms with Gasteiger partial charge in [0.05, 0.1) is 6.10 Å². The fourth-order valence-corrected chi connectivity index (χ4v) is 3.54. The summed E-state index contributed by atoms with van der Waals surface area (Å²) in [5.74, 6) is 0.706. The average molecular weight is 296 g/mol. The summed E-state index contributed by atoms with van der Waals surface area (Å²) in [4.78, 5) is 14.7. The number of hydrogen-bond acceptors (Lipinski definition) is 3. The molecule has 0 atom stereocenters. The summed E-state index contributed by atoms with van der Waals surface area (Å²) in [5, 5.41) is 0. The van der Waals surface area contributed by atoms with Crippen LogP contribution in [0.1, 0.15) is 64.2 Å². The number of ether oxygens (including phenoxy) is 1. The summed E-state index contributed by atoms with van der Waals surface area (Å²) < 4.78 is 5.82. The van der Waals surface area contributed by atoms with E-state index in [1.54, 1.807) is 0 Å². The van der Waals surface area contributed by atoms with Gasteiger partial charge in [0, 0.05) is 25.6 Å². The van der Waals surface area contributed by atoms with Gasteiger partial charge in [0.2, 0.25) is 5.91 Å². The summed E-state index contributed by atoms with van der Waals surface area (Å²) in [5.41, 5.74) is 5.48. The minimum atomic E-state index is 0.292. The molecule has 1 aliphatic heterocycles. The fraction of sp³-hybridized carbons (Fsp3) is 0.941. The molecule has 0 aromatic heterocycles. The van der Waals surface area contributed by atoms with Crippen LogP contribution in [-0.4, -0.2) is 43.2 Å². The molecule has 2 rings (SSSR count). The number of piperidine rings is 1. The van der Waals surface area contributed by atoms with Crippen LogP contribution in [0.5, 0.6) is 0 Å². The highest BCUT2D eigenvalue weighted by Crippen LogP contribution is 2.25. The fourth-order valence-electron chi connectivity index (χ4n) is 3.54. The molecule has 1 saturated carbocycles. The lowest BCUT2D eigenvalue weighted by Crippen LogP contribution is -2.43. The van der Waals surface area contributed by atoms with E-state index in [0.29, 0.717) is 24.5 Å². The van der Waals surface area contributed by atoms with Crippen molar-refractivity contribution in [1.82, 2.24) is 4.90 Å². The van der Waals surface area contributed by atoms with Crippen molar-refractivity contribution in [3.05, 3.63) is 0 Å². The van der Waals surface area contributed by atoms with Crippen LogP contribution in [0, 0.1) is 5.92 Å². The summed E-state index contributed by atoms with van der Waals surface area (Å²) in [7, 11) is 0. The van der Waals surface area contributed by atoms with Gasteiger partial charge < -0.3 is 15.4 Å². The van der Waals surface area contributed by atoms with Crippen molar-refractivity contribution in [2.45, 2.75) is 70.3 Å². The Morgan fingerprint density at radius 3 is 2.24 bits per heavy atom. The summed E-state index contributed by atoms with van der Waals surface area (Å²) >= 11 is 0. The molecule has 0 aromatic rings. The number of nitrogens with zero attached hydrogens (tertiary/aromatic N) is 1. The van der Waals surface area contributed by atoms with Crippen LogP contribution in [0.25, 0.3) is 0 Å². The lowest BCUT2D eigenvalue weighted by molar-refractivity contribution is -0.138. The predicted molar refractivity (Wildman–Crippen MR) is 85.0 cm³/mol. The van der Waals surface area contributed by atoms with Crippen molar-refractivity contribution in [3.63, 3.8) is 0 Å². The van der Waals surface area contributed by atoms with Gasteiger partial charge in [0.15, 0.2) is 0 Å². The van der Waals surface area contributed by atoms with E-state index in [4.69, 9.17) is 10.5 Å². The van der Waals surface area contributed by atoms with Gasteiger partial charge in [-0.1, -0.05) is 32.1 Å². The second-order valence-corrected chi connectivity index (χ2v) is 6.58. The lowest BCUT2D eigenvalue weighted by Gasteiger charge is -2.34. The zero-order valence-corrected chi connectivity index (χ0v) is 13.4. The van der Waals surface area contributed by atoms with Crippen molar-refractivity contribution in [3.8, 4) is 0 Å². The maximum atomic E-state index is 12.7. The molecule has 4 heteroatoms. The van der Waals surface area contributed by atoms with E-state index in [0.717, 1.165) is 51.8 Å². The number of carbonyl (C=O) groups excluding carboxylic acids is 1. The first kappa shape index (κ1) is 16.8. The molecule has 1 heterocycles. The number of carbonyl (C=O) groups is 1. The van der Waals surface area contributed by atoms with Gasteiger partial charge in [-0.2, -0.15) is 0 Å². The Morgan fingerprint density at radius 1 is 1.00 bits per heavy atom. The normalized spacial score (nSPS) is 22.8. The molecular weight excluding hydrogens is 264 g/mol. The van der Waals surface area contributed by atoms with Gasteiger partial charge in [-0.3, -0.25) is 4.79 Å². The maximum absolute atomic E-state index is 12.7. The van der Waals surface area contributed by atoms with E-state index < -0.39 is 0 Å². The van der Waals surface area contributed by atoms with E-state index >= 15 is 0 Å². The van der Waals surface area contributed by atoms with Crippen LogP contribution in [0.15, 0.2) is 0 Å². The summed E-state index contributed by atoms with van der Waals surface area (Å²) in [6, 6.07) is 0. The molecule has 0 aromatic carbocycles. The first-order valence-electron chi connectivity index (χ1n) is 8.91. The van der Waals surface area contributed by atoms with E-state index in [1.165, 1.54) is 32.1 Å². The number of likely N-dealkylation sites (tertiary alicyclic amines) is 1. The second-order valence-electron chi connectivity index (χ2n) is 6.58. The van der Waals surface area contributed by atoms with Gasteiger partial charge in [0.1, 0.15) is 0 Å². The Labute approximate surface area is 129 Å². The molecule has 2 N–H and O–H groups in total. The van der Waals surface area contributed by atoms with Crippen LogP contribution in [-0.2, 0) is 9.53 Å². The monoisotopic (exact) mass is 296 g/mol. The first-order valence-corrected chi connectivity index (χ1v) is 8.91. The molecule has 0 bridgehead atoms. The van der Waals surface area contributed by atoms with Crippen LogP contribution in [0.2, 0.25) is 0 Å². The van der Waals surface area contributed by atoms with Gasteiger partial charge in [-0.15, -0.1) is 0 Å². The Kier molecular flexibility index (Phi) is 7.51. The molecule has 4 nitrogen and oxygen atoms in total. The van der Waals surface area contributed by atoms with E-state index in [9.17, 15) is 4.79 Å². The predicted octanol–water partition coefficient (Wildman–Crippen LogP) is 2.70. The molecule has 0 spiro atoms. The topological polar surface area (TPSA) is 55.6 Å². The zero-order chi connectivity index (χ0) is 14.9.